The smallest absolute Gasteiger partial charge is 0.251 e. The zero-order chi connectivity index (χ0) is 18.0. The van der Waals surface area contributed by atoms with Crippen LogP contribution in [0.15, 0.2) is 23.1 Å². The summed E-state index contributed by atoms with van der Waals surface area (Å²) in [6.45, 7) is 3.45. The Labute approximate surface area is 147 Å². The van der Waals surface area contributed by atoms with Crippen LogP contribution in [-0.2, 0) is 19.6 Å². The summed E-state index contributed by atoms with van der Waals surface area (Å²) in [7, 11) is -3.75. The van der Waals surface area contributed by atoms with Crippen LogP contribution in [0.2, 0.25) is 0 Å². The molecule has 2 saturated heterocycles. The number of piperazine rings is 1. The van der Waals surface area contributed by atoms with Gasteiger partial charge in [0, 0.05) is 32.8 Å². The maximum absolute atomic E-state index is 12.9. The Hall–Kier alpha value is -1.95. The van der Waals surface area contributed by atoms with E-state index in [-0.39, 0.29) is 35.6 Å². The Morgan fingerprint density at radius 3 is 2.60 bits per heavy atom. The van der Waals surface area contributed by atoms with Crippen LogP contribution in [0.1, 0.15) is 24.0 Å². The SMILES string of the molecule is Cc1cccc(S(=O)(=O)N2CCN(C(=O)C3CCCO3)CC2)c1C#N. The van der Waals surface area contributed by atoms with Crippen molar-refractivity contribution in [3.8, 4) is 6.07 Å². The maximum atomic E-state index is 12.9. The number of sulfonamides is 1. The average Bonchev–Trinajstić information content (AvgIpc) is 3.15. The van der Waals surface area contributed by atoms with Crippen molar-refractivity contribution >= 4 is 15.9 Å². The van der Waals surface area contributed by atoms with Crippen LogP contribution in [0, 0.1) is 18.3 Å². The second-order valence-corrected chi connectivity index (χ2v) is 8.20. The van der Waals surface area contributed by atoms with Gasteiger partial charge in [0.15, 0.2) is 0 Å². The number of benzene rings is 1. The lowest BCUT2D eigenvalue weighted by Crippen LogP contribution is -2.52. The standard InChI is InChI=1S/C17H21N3O4S/c1-13-4-2-6-16(14(13)12-18)25(22,23)20-9-7-19(8-10-20)17(21)15-5-3-11-24-15/h2,4,6,15H,3,5,7-11H2,1H3. The molecule has 25 heavy (non-hydrogen) atoms. The van der Waals surface area contributed by atoms with Crippen molar-refractivity contribution in [3.05, 3.63) is 29.3 Å². The Bertz CT molecular complexity index is 802. The summed E-state index contributed by atoms with van der Waals surface area (Å²) in [5.74, 6) is -0.0529. The van der Waals surface area contributed by atoms with Gasteiger partial charge in [0.1, 0.15) is 17.1 Å². The van der Waals surface area contributed by atoms with E-state index in [4.69, 9.17) is 4.74 Å². The third-order valence-corrected chi connectivity index (χ3v) is 6.66. The molecular weight excluding hydrogens is 342 g/mol. The molecular formula is C17H21N3O4S. The minimum Gasteiger partial charge on any atom is -0.368 e. The number of carbonyl (C=O) groups is 1. The predicted molar refractivity (Wildman–Crippen MR) is 90.2 cm³/mol. The van der Waals surface area contributed by atoms with Crippen molar-refractivity contribution in [1.82, 2.24) is 9.21 Å². The molecule has 0 aliphatic carbocycles. The molecule has 0 radical (unpaired) electrons. The summed E-state index contributed by atoms with van der Waals surface area (Å²) in [4.78, 5) is 14.1. The second kappa shape index (κ2) is 7.12. The van der Waals surface area contributed by atoms with Gasteiger partial charge < -0.3 is 9.64 Å². The van der Waals surface area contributed by atoms with Gasteiger partial charge in [-0.15, -0.1) is 0 Å². The first kappa shape index (κ1) is 17.9. The Balaban J connectivity index is 1.73. The molecule has 1 aromatic carbocycles. The molecule has 0 saturated carbocycles. The van der Waals surface area contributed by atoms with E-state index in [1.165, 1.54) is 10.4 Å². The van der Waals surface area contributed by atoms with E-state index < -0.39 is 10.0 Å². The van der Waals surface area contributed by atoms with Gasteiger partial charge >= 0.3 is 0 Å². The third-order valence-electron chi connectivity index (χ3n) is 4.72. The highest BCUT2D eigenvalue weighted by Crippen LogP contribution is 2.24. The topological polar surface area (TPSA) is 90.7 Å². The number of nitrogens with zero attached hydrogens (tertiary/aromatic N) is 3. The fourth-order valence-corrected chi connectivity index (χ4v) is 4.90. The molecule has 1 unspecified atom stereocenters. The molecule has 1 atom stereocenters. The highest BCUT2D eigenvalue weighted by molar-refractivity contribution is 7.89. The molecule has 0 spiro atoms. The lowest BCUT2D eigenvalue weighted by Gasteiger charge is -2.35. The van der Waals surface area contributed by atoms with Crippen molar-refractivity contribution in [2.45, 2.75) is 30.8 Å². The molecule has 2 aliphatic rings. The molecule has 1 aromatic rings. The van der Waals surface area contributed by atoms with Crippen LogP contribution in [0.4, 0.5) is 0 Å². The van der Waals surface area contributed by atoms with Gasteiger partial charge in [-0.2, -0.15) is 9.57 Å². The summed E-state index contributed by atoms with van der Waals surface area (Å²) in [5.41, 5.74) is 0.816. The first-order chi connectivity index (χ1) is 11.9. The van der Waals surface area contributed by atoms with E-state index in [0.717, 1.165) is 12.8 Å². The van der Waals surface area contributed by atoms with Crippen molar-refractivity contribution < 1.29 is 17.9 Å². The maximum Gasteiger partial charge on any atom is 0.251 e. The van der Waals surface area contributed by atoms with E-state index in [9.17, 15) is 18.5 Å². The monoisotopic (exact) mass is 363 g/mol. The van der Waals surface area contributed by atoms with Gasteiger partial charge in [-0.3, -0.25) is 4.79 Å². The molecule has 2 heterocycles. The number of nitriles is 1. The minimum atomic E-state index is -3.75. The van der Waals surface area contributed by atoms with Crippen LogP contribution < -0.4 is 0 Å². The van der Waals surface area contributed by atoms with Gasteiger partial charge in [0.2, 0.25) is 10.0 Å². The van der Waals surface area contributed by atoms with E-state index in [0.29, 0.717) is 25.3 Å². The largest absolute Gasteiger partial charge is 0.368 e. The van der Waals surface area contributed by atoms with Crippen LogP contribution in [-0.4, -0.2) is 62.4 Å². The van der Waals surface area contributed by atoms with E-state index >= 15 is 0 Å². The van der Waals surface area contributed by atoms with Gasteiger partial charge in [-0.25, -0.2) is 8.42 Å². The lowest BCUT2D eigenvalue weighted by molar-refractivity contribution is -0.142. The molecule has 134 valence electrons. The number of ether oxygens (including phenoxy) is 1. The Morgan fingerprint density at radius 2 is 2.00 bits per heavy atom. The van der Waals surface area contributed by atoms with Crippen molar-refractivity contribution in [2.75, 3.05) is 32.8 Å². The molecule has 1 amide bonds. The number of hydrogen-bond donors (Lipinski definition) is 0. The van der Waals surface area contributed by atoms with Crippen molar-refractivity contribution in [1.29, 1.82) is 5.26 Å². The number of hydrogen-bond acceptors (Lipinski definition) is 5. The van der Waals surface area contributed by atoms with Gasteiger partial charge in [0.05, 0.1) is 5.56 Å². The average molecular weight is 363 g/mol. The van der Waals surface area contributed by atoms with E-state index in [1.807, 2.05) is 6.07 Å². The van der Waals surface area contributed by atoms with Crippen LogP contribution >= 0.6 is 0 Å². The molecule has 7 nitrogen and oxygen atoms in total. The molecule has 0 bridgehead atoms. The number of aryl methyl sites for hydroxylation is 1. The Kier molecular flexibility index (Phi) is 5.08. The highest BCUT2D eigenvalue weighted by Gasteiger charge is 2.34. The summed E-state index contributed by atoms with van der Waals surface area (Å²) in [6.07, 6.45) is 1.23. The summed E-state index contributed by atoms with van der Waals surface area (Å²) < 4.78 is 32.6. The second-order valence-electron chi connectivity index (χ2n) is 6.29. The lowest BCUT2D eigenvalue weighted by atomic mass is 10.1. The zero-order valence-corrected chi connectivity index (χ0v) is 15.0. The molecule has 3 rings (SSSR count). The highest BCUT2D eigenvalue weighted by atomic mass is 32.2. The third kappa shape index (κ3) is 3.40. The summed E-state index contributed by atoms with van der Waals surface area (Å²) in [5, 5.41) is 9.30. The first-order valence-corrected chi connectivity index (χ1v) is 9.79. The molecule has 2 aliphatic heterocycles. The van der Waals surface area contributed by atoms with Crippen molar-refractivity contribution in [2.24, 2.45) is 0 Å². The number of rotatable bonds is 3. The Morgan fingerprint density at radius 1 is 1.28 bits per heavy atom. The van der Waals surface area contributed by atoms with Gasteiger partial charge in [-0.1, -0.05) is 12.1 Å². The van der Waals surface area contributed by atoms with Gasteiger partial charge in [-0.05, 0) is 31.4 Å². The normalized spacial score (nSPS) is 21.9. The fraction of sp³-hybridized carbons (Fsp3) is 0.529. The molecule has 8 heteroatoms. The number of carbonyl (C=O) groups excluding carboxylic acids is 1. The summed E-state index contributed by atoms with van der Waals surface area (Å²) in [6, 6.07) is 6.81. The van der Waals surface area contributed by atoms with Crippen LogP contribution in [0.5, 0.6) is 0 Å². The van der Waals surface area contributed by atoms with Crippen LogP contribution in [0.3, 0.4) is 0 Å². The fourth-order valence-electron chi connectivity index (χ4n) is 3.26. The van der Waals surface area contributed by atoms with Crippen LogP contribution in [0.25, 0.3) is 0 Å². The first-order valence-electron chi connectivity index (χ1n) is 8.35. The van der Waals surface area contributed by atoms with E-state index in [2.05, 4.69) is 0 Å². The molecule has 2 fully saturated rings. The molecule has 0 N–H and O–H groups in total. The van der Waals surface area contributed by atoms with Gasteiger partial charge in [0.25, 0.3) is 5.91 Å². The predicted octanol–water partition coefficient (Wildman–Crippen LogP) is 0.879. The van der Waals surface area contributed by atoms with E-state index in [1.54, 1.807) is 24.0 Å². The number of amides is 1. The summed E-state index contributed by atoms with van der Waals surface area (Å²) >= 11 is 0. The van der Waals surface area contributed by atoms with Crippen molar-refractivity contribution in [3.63, 3.8) is 0 Å². The zero-order valence-electron chi connectivity index (χ0n) is 14.1. The minimum absolute atomic E-state index is 0.0360. The molecule has 0 aromatic heterocycles. The quantitative estimate of drug-likeness (QED) is 0.795.